The predicted octanol–water partition coefficient (Wildman–Crippen LogP) is 4.24. The van der Waals surface area contributed by atoms with Gasteiger partial charge in [0, 0.05) is 6.42 Å². The van der Waals surface area contributed by atoms with Gasteiger partial charge in [-0.15, -0.1) is 0 Å². The Hall–Kier alpha value is -2.60. The summed E-state index contributed by atoms with van der Waals surface area (Å²) in [5.41, 5.74) is -0.0457. The first-order chi connectivity index (χ1) is 10.0. The Morgan fingerprint density at radius 3 is 2.43 bits per heavy atom. The number of rotatable bonds is 5. The fraction of sp³-hybridized carbons (Fsp3) is 0.222. The fourth-order valence-electron chi connectivity index (χ4n) is 2.23. The number of benzene rings is 2. The molecule has 3 heteroatoms. The molecule has 0 amide bonds. The van der Waals surface area contributed by atoms with Crippen LogP contribution in [0.25, 0.3) is 0 Å². The third-order valence-electron chi connectivity index (χ3n) is 3.30. The van der Waals surface area contributed by atoms with Crippen LogP contribution < -0.4 is 4.74 Å². The molecule has 0 radical (unpaired) electrons. The quantitative estimate of drug-likeness (QED) is 0.822. The van der Waals surface area contributed by atoms with Crippen molar-refractivity contribution < 1.29 is 9.53 Å². The zero-order valence-electron chi connectivity index (χ0n) is 12.2. The van der Waals surface area contributed by atoms with Crippen molar-refractivity contribution in [3.8, 4) is 17.6 Å². The van der Waals surface area contributed by atoms with Crippen LogP contribution in [0.1, 0.15) is 25.8 Å². The van der Waals surface area contributed by atoms with Gasteiger partial charge in [-0.2, -0.15) is 5.26 Å². The lowest BCUT2D eigenvalue weighted by atomic mass is 9.80. The third kappa shape index (κ3) is 3.70. The molecule has 0 fully saturated rings. The molecule has 0 aromatic heterocycles. The number of carbonyl (C=O) groups is 1. The van der Waals surface area contributed by atoms with Crippen molar-refractivity contribution >= 4 is 5.78 Å². The van der Waals surface area contributed by atoms with E-state index in [0.29, 0.717) is 5.75 Å². The Labute approximate surface area is 124 Å². The lowest BCUT2D eigenvalue weighted by Crippen LogP contribution is -2.22. The molecule has 106 valence electrons. The van der Waals surface area contributed by atoms with Crippen LogP contribution in [0, 0.1) is 11.3 Å². The van der Waals surface area contributed by atoms with Gasteiger partial charge in [-0.05, 0) is 43.7 Å². The molecule has 0 aliphatic heterocycles. The molecule has 0 N–H and O–H groups in total. The monoisotopic (exact) mass is 279 g/mol. The summed E-state index contributed by atoms with van der Waals surface area (Å²) in [4.78, 5) is 11.4. The van der Waals surface area contributed by atoms with E-state index in [1.54, 1.807) is 6.92 Å². The fourth-order valence-corrected chi connectivity index (χ4v) is 2.23. The van der Waals surface area contributed by atoms with E-state index in [4.69, 9.17) is 4.74 Å². The largest absolute Gasteiger partial charge is 0.457 e. The molecule has 0 bridgehead atoms. The summed E-state index contributed by atoms with van der Waals surface area (Å²) < 4.78 is 5.77. The molecule has 0 aliphatic carbocycles. The van der Waals surface area contributed by atoms with Gasteiger partial charge < -0.3 is 4.74 Å². The molecule has 2 aromatic carbocycles. The van der Waals surface area contributed by atoms with Crippen molar-refractivity contribution in [2.45, 2.75) is 25.7 Å². The van der Waals surface area contributed by atoms with Gasteiger partial charge in [-0.3, -0.25) is 4.79 Å². The summed E-state index contributed by atoms with van der Waals surface area (Å²) in [6.45, 7) is 3.27. The molecule has 0 spiro atoms. The topological polar surface area (TPSA) is 50.1 Å². The summed E-state index contributed by atoms with van der Waals surface area (Å²) in [5.74, 6) is 1.39. The van der Waals surface area contributed by atoms with E-state index < -0.39 is 5.41 Å². The summed E-state index contributed by atoms with van der Waals surface area (Å²) >= 11 is 0. The number of nitriles is 1. The van der Waals surface area contributed by atoms with Gasteiger partial charge in [-0.25, -0.2) is 0 Å². The molecule has 0 saturated heterocycles. The zero-order valence-corrected chi connectivity index (χ0v) is 12.2. The number of hydrogen-bond donors (Lipinski definition) is 0. The maximum Gasteiger partial charge on any atom is 0.131 e. The molecule has 21 heavy (non-hydrogen) atoms. The van der Waals surface area contributed by atoms with Crippen molar-refractivity contribution in [3.63, 3.8) is 0 Å². The molecule has 3 nitrogen and oxygen atoms in total. The second-order valence-corrected chi connectivity index (χ2v) is 5.27. The number of Topliss-reactive ketones (excluding diaryl/α,β-unsaturated/α-hetero) is 1. The normalized spacial score (nSPS) is 13.0. The zero-order chi connectivity index (χ0) is 15.3. The number of nitrogens with zero attached hydrogens (tertiary/aromatic N) is 1. The standard InChI is InChI=1S/C18H17NO2/c1-14(20)12-18(2,13-19)15-7-6-10-17(11-15)21-16-8-4-3-5-9-16/h3-11H,12H2,1-2H3. The van der Waals surface area contributed by atoms with Crippen LogP contribution in [0.15, 0.2) is 54.6 Å². The Morgan fingerprint density at radius 2 is 1.81 bits per heavy atom. The average molecular weight is 279 g/mol. The van der Waals surface area contributed by atoms with Gasteiger partial charge in [0.1, 0.15) is 17.3 Å². The number of hydrogen-bond acceptors (Lipinski definition) is 3. The van der Waals surface area contributed by atoms with Crippen molar-refractivity contribution in [1.29, 1.82) is 5.26 Å². The van der Waals surface area contributed by atoms with Crippen LogP contribution in [0.5, 0.6) is 11.5 Å². The summed E-state index contributed by atoms with van der Waals surface area (Å²) in [5, 5.41) is 9.43. The minimum atomic E-state index is -0.831. The Balaban J connectivity index is 2.29. The smallest absolute Gasteiger partial charge is 0.131 e. The maximum atomic E-state index is 11.4. The van der Waals surface area contributed by atoms with Gasteiger partial charge in [0.2, 0.25) is 0 Å². The maximum absolute atomic E-state index is 11.4. The van der Waals surface area contributed by atoms with Gasteiger partial charge in [0.05, 0.1) is 11.5 Å². The van der Waals surface area contributed by atoms with E-state index in [9.17, 15) is 10.1 Å². The van der Waals surface area contributed by atoms with Crippen LogP contribution in [-0.2, 0) is 10.2 Å². The van der Waals surface area contributed by atoms with E-state index >= 15 is 0 Å². The molecular formula is C18H17NO2. The first kappa shape index (κ1) is 14.8. The summed E-state index contributed by atoms with van der Waals surface area (Å²) in [6.07, 6.45) is 0.193. The lowest BCUT2D eigenvalue weighted by molar-refractivity contribution is -0.117. The van der Waals surface area contributed by atoms with Crippen LogP contribution in [0.2, 0.25) is 0 Å². The molecule has 0 aliphatic rings. The van der Waals surface area contributed by atoms with E-state index in [1.165, 1.54) is 6.92 Å². The molecule has 0 saturated carbocycles. The number of ether oxygens (including phenoxy) is 1. The Morgan fingerprint density at radius 1 is 1.14 bits per heavy atom. The molecule has 0 heterocycles. The van der Waals surface area contributed by atoms with Crippen molar-refractivity contribution in [3.05, 3.63) is 60.2 Å². The van der Waals surface area contributed by atoms with Gasteiger partial charge in [-0.1, -0.05) is 30.3 Å². The van der Waals surface area contributed by atoms with E-state index in [-0.39, 0.29) is 12.2 Å². The molecule has 1 atom stereocenters. The minimum Gasteiger partial charge on any atom is -0.457 e. The minimum absolute atomic E-state index is 0.00608. The van der Waals surface area contributed by atoms with E-state index in [1.807, 2.05) is 54.6 Å². The molecule has 2 rings (SSSR count). The Bertz CT molecular complexity index is 673. The van der Waals surface area contributed by atoms with Gasteiger partial charge in [0.15, 0.2) is 0 Å². The van der Waals surface area contributed by atoms with E-state index in [0.717, 1.165) is 11.3 Å². The highest BCUT2D eigenvalue weighted by molar-refractivity contribution is 5.78. The second-order valence-electron chi connectivity index (χ2n) is 5.27. The summed E-state index contributed by atoms with van der Waals surface area (Å²) in [6, 6.07) is 19.0. The SMILES string of the molecule is CC(=O)CC(C)(C#N)c1cccc(Oc2ccccc2)c1. The highest BCUT2D eigenvalue weighted by Crippen LogP contribution is 2.31. The second kappa shape index (κ2) is 6.23. The third-order valence-corrected chi connectivity index (χ3v) is 3.30. The number of carbonyl (C=O) groups excluding carboxylic acids is 1. The molecule has 1 unspecified atom stereocenters. The summed E-state index contributed by atoms with van der Waals surface area (Å²) in [7, 11) is 0. The number of ketones is 1. The van der Waals surface area contributed by atoms with Crippen LogP contribution in [0.4, 0.5) is 0 Å². The van der Waals surface area contributed by atoms with Crippen molar-refractivity contribution in [1.82, 2.24) is 0 Å². The van der Waals surface area contributed by atoms with Crippen molar-refractivity contribution in [2.75, 3.05) is 0 Å². The molecule has 2 aromatic rings. The van der Waals surface area contributed by atoms with Crippen LogP contribution in [0.3, 0.4) is 0 Å². The van der Waals surface area contributed by atoms with Gasteiger partial charge >= 0.3 is 0 Å². The number of para-hydroxylation sites is 1. The first-order valence-electron chi connectivity index (χ1n) is 6.78. The van der Waals surface area contributed by atoms with E-state index in [2.05, 4.69) is 6.07 Å². The average Bonchev–Trinajstić information content (AvgIpc) is 2.48. The van der Waals surface area contributed by atoms with Gasteiger partial charge in [0.25, 0.3) is 0 Å². The highest BCUT2D eigenvalue weighted by atomic mass is 16.5. The predicted molar refractivity (Wildman–Crippen MR) is 81.2 cm³/mol. The Kier molecular flexibility index (Phi) is 4.39. The molecular weight excluding hydrogens is 262 g/mol. The van der Waals surface area contributed by atoms with Crippen molar-refractivity contribution in [2.24, 2.45) is 0 Å². The lowest BCUT2D eigenvalue weighted by Gasteiger charge is -2.21. The highest BCUT2D eigenvalue weighted by Gasteiger charge is 2.28. The first-order valence-corrected chi connectivity index (χ1v) is 6.78. The van der Waals surface area contributed by atoms with Crippen LogP contribution in [-0.4, -0.2) is 5.78 Å². The van der Waals surface area contributed by atoms with Crippen LogP contribution >= 0.6 is 0 Å².